The molecule has 0 atom stereocenters. The van der Waals surface area contributed by atoms with Crippen molar-refractivity contribution in [3.63, 3.8) is 0 Å². The Bertz CT molecular complexity index is 1660. The number of hydrogen-bond acceptors (Lipinski definition) is 4. The predicted octanol–water partition coefficient (Wildman–Crippen LogP) is 4.88. The highest BCUT2D eigenvalue weighted by atomic mass is 35.5. The minimum Gasteiger partial charge on any atom is -0.313 e. The van der Waals surface area contributed by atoms with Gasteiger partial charge in [0, 0.05) is 15.6 Å². The van der Waals surface area contributed by atoms with Gasteiger partial charge in [0.2, 0.25) is 0 Å². The molecule has 3 aromatic carbocycles. The summed E-state index contributed by atoms with van der Waals surface area (Å²) in [5.74, 6) is 0.236. The van der Waals surface area contributed by atoms with Crippen LogP contribution in [0.15, 0.2) is 82.4 Å². The van der Waals surface area contributed by atoms with Crippen molar-refractivity contribution in [2.75, 3.05) is 0 Å². The van der Waals surface area contributed by atoms with Crippen LogP contribution in [0.4, 0.5) is 0 Å². The lowest BCUT2D eigenvalue weighted by atomic mass is 10.2. The number of aromatic nitrogens is 4. The van der Waals surface area contributed by atoms with Crippen LogP contribution in [0.1, 0.15) is 0 Å². The molecule has 2 heterocycles. The second kappa shape index (κ2) is 8.77. The summed E-state index contributed by atoms with van der Waals surface area (Å²) in [6.07, 6.45) is 0. The molecule has 0 bridgehead atoms. The summed E-state index contributed by atoms with van der Waals surface area (Å²) >= 11 is 18.7. The second-order valence-electron chi connectivity index (χ2n) is 7.41. The van der Waals surface area contributed by atoms with Crippen LogP contribution in [0.25, 0.3) is 33.9 Å². The van der Waals surface area contributed by atoms with Gasteiger partial charge in [-0.2, -0.15) is 0 Å². The van der Waals surface area contributed by atoms with Crippen molar-refractivity contribution in [2.45, 2.75) is 6.67 Å². The maximum Gasteiger partial charge on any atom is 0.336 e. The molecule has 5 rings (SSSR count). The topological polar surface area (TPSA) is 87.8 Å². The quantitative estimate of drug-likeness (QED) is 0.372. The van der Waals surface area contributed by atoms with E-state index in [0.717, 1.165) is 0 Å². The average Bonchev–Trinajstić information content (AvgIpc) is 3.11. The lowest BCUT2D eigenvalue weighted by molar-refractivity contribution is 0.705. The standard InChI is InChI=1S/C24H16Cl3N5O2/c25-14-6-9-17(10-7-14)31-21(18-11-8-15(26)12-19(18)27)29-22-20(23(31)33)30(13-28)24(34)32(22)16-4-2-1-3-5-16/h1-12H,13,28H2. The molecule has 0 saturated heterocycles. The van der Waals surface area contributed by atoms with Gasteiger partial charge in [-0.05, 0) is 54.6 Å². The van der Waals surface area contributed by atoms with Crippen molar-refractivity contribution < 1.29 is 0 Å². The highest BCUT2D eigenvalue weighted by Crippen LogP contribution is 2.31. The maximum atomic E-state index is 14.0. The van der Waals surface area contributed by atoms with E-state index in [-0.39, 0.29) is 23.7 Å². The Kier molecular flexibility index (Phi) is 5.79. The summed E-state index contributed by atoms with van der Waals surface area (Å²) in [7, 11) is 0. The molecule has 0 aliphatic heterocycles. The van der Waals surface area contributed by atoms with Crippen molar-refractivity contribution in [2.24, 2.45) is 5.73 Å². The van der Waals surface area contributed by atoms with E-state index in [9.17, 15) is 9.59 Å². The zero-order valence-electron chi connectivity index (χ0n) is 17.5. The number of halogens is 3. The Hall–Kier alpha value is -3.36. The van der Waals surface area contributed by atoms with E-state index in [1.54, 1.807) is 66.7 Å². The van der Waals surface area contributed by atoms with Crippen molar-refractivity contribution in [3.05, 3.63) is 109 Å². The van der Waals surface area contributed by atoms with Gasteiger partial charge in [-0.25, -0.2) is 14.3 Å². The fraction of sp³-hybridized carbons (Fsp3) is 0.0417. The van der Waals surface area contributed by atoms with Gasteiger partial charge >= 0.3 is 5.69 Å². The molecule has 0 fully saturated rings. The molecule has 0 spiro atoms. The molecule has 0 aliphatic rings. The zero-order valence-corrected chi connectivity index (χ0v) is 19.7. The van der Waals surface area contributed by atoms with Crippen molar-refractivity contribution >= 4 is 46.0 Å². The number of para-hydroxylation sites is 1. The molecule has 0 saturated carbocycles. The van der Waals surface area contributed by atoms with Crippen LogP contribution < -0.4 is 17.0 Å². The van der Waals surface area contributed by atoms with Gasteiger partial charge in [0.1, 0.15) is 0 Å². The van der Waals surface area contributed by atoms with E-state index in [1.807, 2.05) is 6.07 Å². The van der Waals surface area contributed by atoms with Gasteiger partial charge in [-0.15, -0.1) is 0 Å². The summed E-state index contributed by atoms with van der Waals surface area (Å²) in [6.45, 7) is -0.201. The van der Waals surface area contributed by atoms with Crippen LogP contribution in [0.2, 0.25) is 15.1 Å². The monoisotopic (exact) mass is 511 g/mol. The van der Waals surface area contributed by atoms with Gasteiger partial charge < -0.3 is 5.73 Å². The fourth-order valence-electron chi connectivity index (χ4n) is 3.86. The summed E-state index contributed by atoms with van der Waals surface area (Å²) in [5.41, 5.74) is 6.68. The highest BCUT2D eigenvalue weighted by Gasteiger charge is 2.24. The number of nitrogens with two attached hydrogens (primary N) is 1. The lowest BCUT2D eigenvalue weighted by Gasteiger charge is -2.15. The van der Waals surface area contributed by atoms with Crippen LogP contribution in [0.3, 0.4) is 0 Å². The Balaban J connectivity index is 1.98. The van der Waals surface area contributed by atoms with Crippen molar-refractivity contribution in [3.8, 4) is 22.8 Å². The molecule has 10 heteroatoms. The SMILES string of the molecule is NCn1c(=O)n(-c2ccccc2)c2nc(-c3ccc(Cl)cc3Cl)n(-c3ccc(Cl)cc3)c(=O)c21. The van der Waals surface area contributed by atoms with E-state index in [0.29, 0.717) is 32.0 Å². The maximum absolute atomic E-state index is 14.0. The summed E-state index contributed by atoms with van der Waals surface area (Å²) in [5, 5.41) is 1.24. The van der Waals surface area contributed by atoms with Gasteiger partial charge in [0.25, 0.3) is 5.56 Å². The Morgan fingerprint density at radius 2 is 1.44 bits per heavy atom. The first-order valence-corrected chi connectivity index (χ1v) is 11.3. The number of hydrogen-bond donors (Lipinski definition) is 1. The molecule has 2 N–H and O–H groups in total. The molecular weight excluding hydrogens is 497 g/mol. The van der Waals surface area contributed by atoms with E-state index in [2.05, 4.69) is 0 Å². The zero-order chi connectivity index (χ0) is 24.0. The minimum atomic E-state index is -0.481. The third-order valence-electron chi connectivity index (χ3n) is 5.40. The smallest absolute Gasteiger partial charge is 0.313 e. The predicted molar refractivity (Wildman–Crippen MR) is 136 cm³/mol. The number of benzene rings is 3. The van der Waals surface area contributed by atoms with Gasteiger partial charge in [0.05, 0.1) is 23.1 Å². The van der Waals surface area contributed by atoms with Crippen LogP contribution in [0, 0.1) is 0 Å². The lowest BCUT2D eigenvalue weighted by Crippen LogP contribution is -2.29. The molecule has 5 aromatic rings. The largest absolute Gasteiger partial charge is 0.336 e. The Morgan fingerprint density at radius 1 is 0.794 bits per heavy atom. The average molecular weight is 513 g/mol. The van der Waals surface area contributed by atoms with Crippen molar-refractivity contribution in [1.29, 1.82) is 0 Å². The first-order valence-electron chi connectivity index (χ1n) is 10.2. The molecule has 7 nitrogen and oxygen atoms in total. The summed E-state index contributed by atoms with van der Waals surface area (Å²) < 4.78 is 3.95. The van der Waals surface area contributed by atoms with Gasteiger partial charge in [0.15, 0.2) is 17.0 Å². The molecule has 0 aliphatic carbocycles. The van der Waals surface area contributed by atoms with E-state index in [1.165, 1.54) is 13.7 Å². The normalized spacial score (nSPS) is 11.3. The second-order valence-corrected chi connectivity index (χ2v) is 8.69. The summed E-state index contributed by atoms with van der Waals surface area (Å²) in [6, 6.07) is 20.5. The molecule has 2 aromatic heterocycles. The van der Waals surface area contributed by atoms with Crippen LogP contribution in [-0.4, -0.2) is 18.7 Å². The van der Waals surface area contributed by atoms with Crippen LogP contribution >= 0.6 is 34.8 Å². The molecule has 0 amide bonds. The van der Waals surface area contributed by atoms with E-state index in [4.69, 9.17) is 45.5 Å². The molecule has 0 radical (unpaired) electrons. The third kappa shape index (κ3) is 3.63. The van der Waals surface area contributed by atoms with Crippen LogP contribution in [-0.2, 0) is 6.67 Å². The van der Waals surface area contributed by atoms with Gasteiger partial charge in [-0.3, -0.25) is 13.9 Å². The number of imidazole rings is 1. The first-order chi connectivity index (χ1) is 16.4. The fourth-order valence-corrected chi connectivity index (χ4v) is 4.48. The number of fused-ring (bicyclic) bond motifs is 1. The summed E-state index contributed by atoms with van der Waals surface area (Å²) in [4.78, 5) is 32.1. The van der Waals surface area contributed by atoms with Crippen LogP contribution in [0.5, 0.6) is 0 Å². The first kappa shape index (κ1) is 22.4. The Morgan fingerprint density at radius 3 is 2.09 bits per heavy atom. The van der Waals surface area contributed by atoms with E-state index >= 15 is 0 Å². The molecular formula is C24H16Cl3N5O2. The van der Waals surface area contributed by atoms with E-state index < -0.39 is 11.2 Å². The number of rotatable bonds is 4. The molecule has 170 valence electrons. The van der Waals surface area contributed by atoms with Crippen molar-refractivity contribution in [1.82, 2.24) is 18.7 Å². The highest BCUT2D eigenvalue weighted by molar-refractivity contribution is 6.36. The Labute approximate surface area is 208 Å². The minimum absolute atomic E-state index is 0.0696. The molecule has 0 unspecified atom stereocenters. The molecule has 34 heavy (non-hydrogen) atoms. The third-order valence-corrected chi connectivity index (χ3v) is 6.20. The number of nitrogens with zero attached hydrogens (tertiary/aromatic N) is 4. The van der Waals surface area contributed by atoms with Gasteiger partial charge in [-0.1, -0.05) is 53.0 Å².